The molecule has 1 aromatic heterocycles. The molecule has 0 radical (unpaired) electrons. The predicted octanol–water partition coefficient (Wildman–Crippen LogP) is 1.01. The van der Waals surface area contributed by atoms with Crippen LogP contribution in [0.1, 0.15) is 6.42 Å². The third kappa shape index (κ3) is 5.03. The van der Waals surface area contributed by atoms with E-state index in [0.717, 1.165) is 13.0 Å². The molecule has 10 nitrogen and oxygen atoms in total. The monoisotopic (exact) mass is 437 g/mol. The number of piperazine rings is 1. The number of aromatic nitrogens is 2. The third-order valence-corrected chi connectivity index (χ3v) is 6.83. The predicted molar refractivity (Wildman–Crippen MR) is 110 cm³/mol. The lowest BCUT2D eigenvalue weighted by Gasteiger charge is -2.34. The minimum Gasteiger partial charge on any atom is -0.497 e. The topological polar surface area (TPSA) is 106 Å². The van der Waals surface area contributed by atoms with Gasteiger partial charge in [0, 0.05) is 57.7 Å². The number of nitrogens with zero attached hydrogens (tertiary/aromatic N) is 4. The molecule has 0 atom stereocenters. The molecule has 2 aromatic rings. The number of urea groups is 1. The second kappa shape index (κ2) is 9.81. The van der Waals surface area contributed by atoms with Crippen LogP contribution in [-0.4, -0.2) is 80.4 Å². The Bertz CT molecular complexity index is 940. The molecule has 1 aromatic carbocycles. The van der Waals surface area contributed by atoms with Crippen molar-refractivity contribution in [2.45, 2.75) is 17.9 Å². The summed E-state index contributed by atoms with van der Waals surface area (Å²) in [5, 5.41) is 6.99. The van der Waals surface area contributed by atoms with Crippen molar-refractivity contribution in [2.75, 3.05) is 46.9 Å². The Morgan fingerprint density at radius 3 is 2.57 bits per heavy atom. The lowest BCUT2D eigenvalue weighted by molar-refractivity contribution is 0.172. The Hall–Kier alpha value is -2.79. The second-order valence-corrected chi connectivity index (χ2v) is 8.67. The molecule has 0 saturated carbocycles. The number of benzene rings is 1. The number of hydrogen-bond donors (Lipinski definition) is 1. The zero-order valence-electron chi connectivity index (χ0n) is 17.2. The Labute approximate surface area is 176 Å². The van der Waals surface area contributed by atoms with Gasteiger partial charge in [-0.1, -0.05) is 0 Å². The first-order valence-corrected chi connectivity index (χ1v) is 11.1. The van der Waals surface area contributed by atoms with Crippen LogP contribution >= 0.6 is 0 Å². The van der Waals surface area contributed by atoms with Crippen LogP contribution in [0.2, 0.25) is 0 Å². The first-order valence-electron chi connectivity index (χ1n) is 9.68. The number of carbonyl (C=O) groups excluding carboxylic acids is 1. The Balaban J connectivity index is 1.53. The molecule has 2 amide bonds. The van der Waals surface area contributed by atoms with Crippen molar-refractivity contribution in [3.8, 4) is 11.5 Å². The maximum atomic E-state index is 13.1. The molecule has 0 bridgehead atoms. The summed E-state index contributed by atoms with van der Waals surface area (Å²) in [5.74, 6) is 0.690. The van der Waals surface area contributed by atoms with Gasteiger partial charge >= 0.3 is 6.03 Å². The van der Waals surface area contributed by atoms with Gasteiger partial charge in [-0.15, -0.1) is 0 Å². The van der Waals surface area contributed by atoms with E-state index in [4.69, 9.17) is 9.47 Å². The number of nitrogens with one attached hydrogen (secondary N) is 1. The van der Waals surface area contributed by atoms with Gasteiger partial charge in [-0.3, -0.25) is 4.68 Å². The number of carbonyl (C=O) groups is 1. The standard InChI is InChI=1S/C19H27N5O5S/c1-28-16-5-6-17(29-2)18(15-16)30(26,27)24-13-11-22(12-14-24)19(25)20-7-3-9-23-10-4-8-21-23/h4-6,8,10,15H,3,7,9,11-14H2,1-2H3,(H,20,25). The van der Waals surface area contributed by atoms with Gasteiger partial charge in [0.2, 0.25) is 10.0 Å². The maximum Gasteiger partial charge on any atom is 0.317 e. The molecule has 2 heterocycles. The zero-order valence-corrected chi connectivity index (χ0v) is 18.0. The van der Waals surface area contributed by atoms with Crippen molar-refractivity contribution >= 4 is 16.1 Å². The maximum absolute atomic E-state index is 13.1. The average Bonchev–Trinajstić information content (AvgIpc) is 3.29. The Kier molecular flexibility index (Phi) is 7.16. The number of aryl methyl sites for hydroxylation is 1. The van der Waals surface area contributed by atoms with Gasteiger partial charge in [0.25, 0.3) is 0 Å². The largest absolute Gasteiger partial charge is 0.497 e. The summed E-state index contributed by atoms with van der Waals surface area (Å²) in [5.41, 5.74) is 0. The highest BCUT2D eigenvalue weighted by atomic mass is 32.2. The van der Waals surface area contributed by atoms with E-state index < -0.39 is 10.0 Å². The fraction of sp³-hybridized carbons (Fsp3) is 0.474. The number of ether oxygens (including phenoxy) is 2. The normalized spacial score (nSPS) is 15.1. The van der Waals surface area contributed by atoms with Crippen molar-refractivity contribution in [3.63, 3.8) is 0 Å². The van der Waals surface area contributed by atoms with Gasteiger partial charge < -0.3 is 19.7 Å². The van der Waals surface area contributed by atoms with Crippen molar-refractivity contribution < 1.29 is 22.7 Å². The molecule has 11 heteroatoms. The van der Waals surface area contributed by atoms with E-state index in [-0.39, 0.29) is 29.8 Å². The smallest absolute Gasteiger partial charge is 0.317 e. The fourth-order valence-electron chi connectivity index (χ4n) is 3.24. The molecule has 164 valence electrons. The molecule has 1 fully saturated rings. The lowest BCUT2D eigenvalue weighted by Crippen LogP contribution is -2.53. The Morgan fingerprint density at radius 2 is 1.93 bits per heavy atom. The molecule has 1 N–H and O–H groups in total. The van der Waals surface area contributed by atoms with E-state index >= 15 is 0 Å². The van der Waals surface area contributed by atoms with E-state index in [1.807, 2.05) is 16.9 Å². The number of methoxy groups -OCH3 is 2. The summed E-state index contributed by atoms with van der Waals surface area (Å²) in [6.45, 7) is 2.31. The summed E-state index contributed by atoms with van der Waals surface area (Å²) in [4.78, 5) is 14.0. The number of amides is 2. The third-order valence-electron chi connectivity index (χ3n) is 4.91. The van der Waals surface area contributed by atoms with E-state index in [2.05, 4.69) is 10.4 Å². The summed E-state index contributed by atoms with van der Waals surface area (Å²) in [7, 11) is -0.869. The van der Waals surface area contributed by atoms with E-state index in [1.54, 1.807) is 23.2 Å². The van der Waals surface area contributed by atoms with E-state index in [1.165, 1.54) is 24.6 Å². The molecule has 1 aliphatic rings. The van der Waals surface area contributed by atoms with Gasteiger partial charge in [0.15, 0.2) is 0 Å². The zero-order chi connectivity index (χ0) is 21.6. The number of sulfonamides is 1. The SMILES string of the molecule is COc1ccc(OC)c(S(=O)(=O)N2CCN(C(=O)NCCCn3cccn3)CC2)c1. The summed E-state index contributed by atoms with van der Waals surface area (Å²) in [6.07, 6.45) is 4.35. The molecule has 0 unspecified atom stereocenters. The lowest BCUT2D eigenvalue weighted by atomic mass is 10.3. The molecule has 0 aliphatic carbocycles. The van der Waals surface area contributed by atoms with Crippen LogP contribution in [0, 0.1) is 0 Å². The first-order chi connectivity index (χ1) is 14.5. The van der Waals surface area contributed by atoms with Gasteiger partial charge in [-0.2, -0.15) is 9.40 Å². The van der Waals surface area contributed by atoms with Crippen LogP contribution < -0.4 is 14.8 Å². The van der Waals surface area contributed by atoms with Gasteiger partial charge in [0.1, 0.15) is 16.4 Å². The van der Waals surface area contributed by atoms with Crippen LogP contribution in [0.4, 0.5) is 4.79 Å². The average molecular weight is 438 g/mol. The molecule has 3 rings (SSSR count). The highest BCUT2D eigenvalue weighted by molar-refractivity contribution is 7.89. The number of hydrogen-bond acceptors (Lipinski definition) is 6. The minimum absolute atomic E-state index is 0.0564. The summed E-state index contributed by atoms with van der Waals surface area (Å²) >= 11 is 0. The highest BCUT2D eigenvalue weighted by Crippen LogP contribution is 2.31. The van der Waals surface area contributed by atoms with Crippen molar-refractivity contribution in [1.29, 1.82) is 0 Å². The first kappa shape index (κ1) is 21.9. The summed E-state index contributed by atoms with van der Waals surface area (Å²) in [6, 6.07) is 6.33. The van der Waals surface area contributed by atoms with Crippen LogP contribution in [0.5, 0.6) is 11.5 Å². The quantitative estimate of drug-likeness (QED) is 0.618. The fourth-order valence-corrected chi connectivity index (χ4v) is 4.83. The minimum atomic E-state index is -3.77. The van der Waals surface area contributed by atoms with Crippen molar-refractivity contribution in [1.82, 2.24) is 24.3 Å². The molecule has 1 aliphatic heterocycles. The highest BCUT2D eigenvalue weighted by Gasteiger charge is 2.32. The van der Waals surface area contributed by atoms with Crippen LogP contribution in [0.25, 0.3) is 0 Å². The molecular formula is C19H27N5O5S. The van der Waals surface area contributed by atoms with Gasteiger partial charge in [0.05, 0.1) is 14.2 Å². The van der Waals surface area contributed by atoms with Crippen molar-refractivity contribution in [2.24, 2.45) is 0 Å². The molecule has 0 spiro atoms. The van der Waals surface area contributed by atoms with Gasteiger partial charge in [-0.25, -0.2) is 13.2 Å². The molecule has 30 heavy (non-hydrogen) atoms. The second-order valence-electron chi connectivity index (χ2n) is 6.76. The van der Waals surface area contributed by atoms with Gasteiger partial charge in [-0.05, 0) is 24.6 Å². The van der Waals surface area contributed by atoms with Crippen LogP contribution in [-0.2, 0) is 16.6 Å². The van der Waals surface area contributed by atoms with Crippen molar-refractivity contribution in [3.05, 3.63) is 36.7 Å². The molecule has 1 saturated heterocycles. The van der Waals surface area contributed by atoms with Crippen LogP contribution in [0.15, 0.2) is 41.6 Å². The van der Waals surface area contributed by atoms with Crippen LogP contribution in [0.3, 0.4) is 0 Å². The van der Waals surface area contributed by atoms with E-state index in [0.29, 0.717) is 25.4 Å². The summed E-state index contributed by atoms with van der Waals surface area (Å²) < 4.78 is 39.7. The molecular weight excluding hydrogens is 410 g/mol. The number of rotatable bonds is 8. The van der Waals surface area contributed by atoms with E-state index in [9.17, 15) is 13.2 Å². The Morgan fingerprint density at radius 1 is 1.17 bits per heavy atom.